The molecule has 0 radical (unpaired) electrons. The van der Waals surface area contributed by atoms with Crippen LogP contribution in [0.1, 0.15) is 5.69 Å². The molecular formula is C15H13F3N6O2. The second kappa shape index (κ2) is 7.68. The van der Waals surface area contributed by atoms with Gasteiger partial charge in [-0.2, -0.15) is 13.8 Å². The van der Waals surface area contributed by atoms with E-state index in [2.05, 4.69) is 30.3 Å². The third-order valence-electron chi connectivity index (χ3n) is 3.17. The van der Waals surface area contributed by atoms with Gasteiger partial charge in [-0.05, 0) is 18.2 Å². The molecular weight excluding hydrogens is 353 g/mol. The number of hydrogen-bond donors (Lipinski definition) is 1. The van der Waals surface area contributed by atoms with Gasteiger partial charge in [0, 0.05) is 19.3 Å². The van der Waals surface area contributed by atoms with Crippen molar-refractivity contribution in [2.45, 2.75) is 13.2 Å². The van der Waals surface area contributed by atoms with E-state index in [1.165, 1.54) is 23.1 Å². The van der Waals surface area contributed by atoms with Crippen molar-refractivity contribution in [3.05, 3.63) is 48.2 Å². The number of rotatable bonds is 7. The third kappa shape index (κ3) is 4.18. The Morgan fingerprint density at radius 2 is 2.12 bits per heavy atom. The molecule has 0 fully saturated rings. The molecule has 8 nitrogen and oxygen atoms in total. The summed E-state index contributed by atoms with van der Waals surface area (Å²) < 4.78 is 48.9. The fraction of sp³-hybridized carbons (Fsp3) is 0.200. The molecule has 0 spiro atoms. The van der Waals surface area contributed by atoms with E-state index in [0.29, 0.717) is 17.2 Å². The highest BCUT2D eigenvalue weighted by molar-refractivity contribution is 5.39. The van der Waals surface area contributed by atoms with Gasteiger partial charge in [-0.1, -0.05) is 5.21 Å². The Bertz CT molecular complexity index is 889. The lowest BCUT2D eigenvalue weighted by atomic mass is 10.3. The van der Waals surface area contributed by atoms with Crippen LogP contribution in [-0.4, -0.2) is 38.6 Å². The van der Waals surface area contributed by atoms with Gasteiger partial charge in [0.2, 0.25) is 0 Å². The van der Waals surface area contributed by atoms with Crippen LogP contribution < -0.4 is 14.8 Å². The van der Waals surface area contributed by atoms with Crippen molar-refractivity contribution in [2.75, 3.05) is 12.4 Å². The summed E-state index contributed by atoms with van der Waals surface area (Å²) in [5, 5.41) is 10.6. The number of anilines is 1. The number of halogens is 3. The molecule has 2 aromatic heterocycles. The maximum Gasteiger partial charge on any atom is 0.387 e. The van der Waals surface area contributed by atoms with Crippen molar-refractivity contribution in [3.63, 3.8) is 0 Å². The number of nitrogens with one attached hydrogen (secondary N) is 1. The van der Waals surface area contributed by atoms with Crippen LogP contribution in [0.4, 0.5) is 19.0 Å². The molecule has 3 aromatic rings. The maximum absolute atomic E-state index is 13.5. The molecule has 0 saturated carbocycles. The van der Waals surface area contributed by atoms with E-state index in [1.54, 1.807) is 13.1 Å². The molecule has 136 valence electrons. The highest BCUT2D eigenvalue weighted by atomic mass is 19.3. The number of nitrogens with zero attached hydrogens (tertiary/aromatic N) is 5. The predicted molar refractivity (Wildman–Crippen MR) is 83.9 cm³/mol. The van der Waals surface area contributed by atoms with Gasteiger partial charge in [0.25, 0.3) is 0 Å². The van der Waals surface area contributed by atoms with Crippen molar-refractivity contribution in [1.29, 1.82) is 0 Å². The topological polar surface area (TPSA) is 87.0 Å². The zero-order valence-electron chi connectivity index (χ0n) is 13.4. The quantitative estimate of drug-likeness (QED) is 0.687. The summed E-state index contributed by atoms with van der Waals surface area (Å²) in [5.41, 5.74) is 0.735. The first-order chi connectivity index (χ1) is 12.5. The molecule has 3 rings (SSSR count). The van der Waals surface area contributed by atoms with E-state index < -0.39 is 18.2 Å². The van der Waals surface area contributed by atoms with Gasteiger partial charge in [0.15, 0.2) is 11.6 Å². The minimum atomic E-state index is -3.13. The second-order valence-electron chi connectivity index (χ2n) is 4.91. The van der Waals surface area contributed by atoms with Crippen LogP contribution in [0.15, 0.2) is 36.7 Å². The standard InChI is InChI=1S/C15H13F3N6O2/c1-19-13-4-5-20-15(21-13)25-8-9-7-24(23-22-9)10-2-3-11(16)12(6-10)26-14(17)18/h2-7,14H,8H2,1H3,(H,19,20,21). The maximum atomic E-state index is 13.5. The summed E-state index contributed by atoms with van der Waals surface area (Å²) in [6, 6.07) is 5.28. The summed E-state index contributed by atoms with van der Waals surface area (Å²) in [7, 11) is 1.71. The third-order valence-corrected chi connectivity index (χ3v) is 3.17. The first-order valence-electron chi connectivity index (χ1n) is 7.34. The summed E-state index contributed by atoms with van der Waals surface area (Å²) in [5.74, 6) is -0.890. The van der Waals surface area contributed by atoms with Crippen LogP contribution in [-0.2, 0) is 6.61 Å². The first-order valence-corrected chi connectivity index (χ1v) is 7.34. The molecule has 2 heterocycles. The Morgan fingerprint density at radius 3 is 2.88 bits per heavy atom. The van der Waals surface area contributed by atoms with E-state index in [4.69, 9.17) is 4.74 Å². The number of alkyl halides is 2. The summed E-state index contributed by atoms with van der Waals surface area (Å²) in [6.45, 7) is -3.10. The molecule has 0 atom stereocenters. The number of benzene rings is 1. The van der Waals surface area contributed by atoms with Gasteiger partial charge in [-0.25, -0.2) is 14.1 Å². The first kappa shape index (κ1) is 17.5. The Balaban J connectivity index is 1.71. The minimum Gasteiger partial charge on any atom is -0.457 e. The summed E-state index contributed by atoms with van der Waals surface area (Å²) in [4.78, 5) is 8.05. The summed E-state index contributed by atoms with van der Waals surface area (Å²) in [6.07, 6.45) is 3.04. The van der Waals surface area contributed by atoms with Crippen LogP contribution >= 0.6 is 0 Å². The molecule has 0 aliphatic carbocycles. The predicted octanol–water partition coefficient (Wildman–Crippen LogP) is 2.42. The largest absolute Gasteiger partial charge is 0.457 e. The van der Waals surface area contributed by atoms with Gasteiger partial charge in [-0.3, -0.25) is 0 Å². The van der Waals surface area contributed by atoms with Gasteiger partial charge >= 0.3 is 12.6 Å². The van der Waals surface area contributed by atoms with Crippen molar-refractivity contribution in [2.24, 2.45) is 0 Å². The lowest BCUT2D eigenvalue weighted by Crippen LogP contribution is -2.05. The number of hydrogen-bond acceptors (Lipinski definition) is 7. The molecule has 11 heteroatoms. The second-order valence-corrected chi connectivity index (χ2v) is 4.91. The van der Waals surface area contributed by atoms with Crippen molar-refractivity contribution >= 4 is 5.82 Å². The van der Waals surface area contributed by atoms with Crippen LogP contribution in [0.25, 0.3) is 5.69 Å². The average Bonchev–Trinajstić information content (AvgIpc) is 3.10. The van der Waals surface area contributed by atoms with Crippen LogP contribution in [0.2, 0.25) is 0 Å². The van der Waals surface area contributed by atoms with Crippen molar-refractivity contribution < 1.29 is 22.6 Å². The molecule has 0 aliphatic heterocycles. The highest BCUT2D eigenvalue weighted by Gasteiger charge is 2.12. The van der Waals surface area contributed by atoms with Gasteiger partial charge < -0.3 is 14.8 Å². The van der Waals surface area contributed by atoms with E-state index in [9.17, 15) is 13.2 Å². The Hall–Kier alpha value is -3.37. The highest BCUT2D eigenvalue weighted by Crippen LogP contribution is 2.22. The van der Waals surface area contributed by atoms with Crippen LogP contribution in [0, 0.1) is 5.82 Å². The fourth-order valence-corrected chi connectivity index (χ4v) is 2.00. The van der Waals surface area contributed by atoms with E-state index in [-0.39, 0.29) is 12.6 Å². The molecule has 1 aromatic carbocycles. The SMILES string of the molecule is CNc1ccnc(OCc2cn(-c3ccc(F)c(OC(F)F)c3)nn2)n1. The molecule has 1 N–H and O–H groups in total. The lowest BCUT2D eigenvalue weighted by Gasteiger charge is -2.07. The van der Waals surface area contributed by atoms with Crippen molar-refractivity contribution in [3.8, 4) is 17.4 Å². The molecule has 0 saturated heterocycles. The molecule has 26 heavy (non-hydrogen) atoms. The van der Waals surface area contributed by atoms with Gasteiger partial charge in [-0.15, -0.1) is 5.10 Å². The van der Waals surface area contributed by atoms with E-state index in [0.717, 1.165) is 12.1 Å². The van der Waals surface area contributed by atoms with Gasteiger partial charge in [0.05, 0.1) is 11.9 Å². The lowest BCUT2D eigenvalue weighted by molar-refractivity contribution is -0.0521. The monoisotopic (exact) mass is 366 g/mol. The average molecular weight is 366 g/mol. The Labute approximate surface area is 145 Å². The Kier molecular flexibility index (Phi) is 5.15. The van der Waals surface area contributed by atoms with Crippen LogP contribution in [0.3, 0.4) is 0 Å². The van der Waals surface area contributed by atoms with E-state index in [1.807, 2.05) is 0 Å². The molecule has 0 amide bonds. The zero-order valence-corrected chi connectivity index (χ0v) is 13.4. The molecule has 0 bridgehead atoms. The number of ether oxygens (including phenoxy) is 2. The minimum absolute atomic E-state index is 0.0365. The van der Waals surface area contributed by atoms with E-state index >= 15 is 0 Å². The smallest absolute Gasteiger partial charge is 0.387 e. The zero-order chi connectivity index (χ0) is 18.5. The van der Waals surface area contributed by atoms with Gasteiger partial charge in [0.1, 0.15) is 18.1 Å². The normalized spacial score (nSPS) is 10.8. The van der Waals surface area contributed by atoms with Crippen LogP contribution in [0.5, 0.6) is 11.8 Å². The summed E-state index contributed by atoms with van der Waals surface area (Å²) >= 11 is 0. The molecule has 0 aliphatic rings. The van der Waals surface area contributed by atoms with Crippen molar-refractivity contribution in [1.82, 2.24) is 25.0 Å². The molecule has 0 unspecified atom stereocenters. The number of aromatic nitrogens is 5. The Morgan fingerprint density at radius 1 is 1.27 bits per heavy atom. The fourth-order valence-electron chi connectivity index (χ4n) is 2.00.